The van der Waals surface area contributed by atoms with Crippen LogP contribution in [0.25, 0.3) is 0 Å². The summed E-state index contributed by atoms with van der Waals surface area (Å²) in [7, 11) is 0. The first-order valence-corrected chi connectivity index (χ1v) is 6.37. The van der Waals surface area contributed by atoms with Crippen molar-refractivity contribution < 1.29 is 9.53 Å². The largest absolute Gasteiger partial charge is 0.486 e. The lowest BCUT2D eigenvalue weighted by molar-refractivity contribution is -0.109. The minimum atomic E-state index is -0.000518. The lowest BCUT2D eigenvalue weighted by Crippen LogP contribution is -2.18. The van der Waals surface area contributed by atoms with Crippen LogP contribution in [0.3, 0.4) is 0 Å². The van der Waals surface area contributed by atoms with Gasteiger partial charge in [0.2, 0.25) is 0 Å². The Balaban J connectivity index is 3.25. The molecule has 0 aliphatic carbocycles. The van der Waals surface area contributed by atoms with Gasteiger partial charge in [-0.1, -0.05) is 53.7 Å². The highest BCUT2D eigenvalue weighted by Gasteiger charge is 2.22. The van der Waals surface area contributed by atoms with Crippen LogP contribution >= 0.6 is 0 Å². The Bertz CT molecular complexity index is 420. The maximum atomic E-state index is 10.4. The summed E-state index contributed by atoms with van der Waals surface area (Å²) in [6, 6.07) is 6.25. The number of carbonyl (C=O) groups is 1. The Morgan fingerprint density at radius 3 is 2.11 bits per heavy atom. The Hall–Kier alpha value is -1.31. The quantitative estimate of drug-likeness (QED) is 0.759. The van der Waals surface area contributed by atoms with E-state index in [1.54, 1.807) is 0 Å². The van der Waals surface area contributed by atoms with Crippen molar-refractivity contribution in [3.05, 3.63) is 29.3 Å². The lowest BCUT2D eigenvalue weighted by Gasteiger charge is -2.27. The summed E-state index contributed by atoms with van der Waals surface area (Å²) in [5, 5.41) is 0. The van der Waals surface area contributed by atoms with E-state index in [1.807, 2.05) is 6.07 Å². The van der Waals surface area contributed by atoms with Gasteiger partial charge < -0.3 is 4.74 Å². The molecule has 2 nitrogen and oxygen atoms in total. The molecule has 0 amide bonds. The topological polar surface area (TPSA) is 26.3 Å². The summed E-state index contributed by atoms with van der Waals surface area (Å²) in [6.07, 6.45) is 0.782. The van der Waals surface area contributed by atoms with Crippen LogP contribution in [0.4, 0.5) is 0 Å². The molecular weight excluding hydrogens is 224 g/mol. The molecular formula is C16H24O2. The fourth-order valence-corrected chi connectivity index (χ4v) is 1.83. The van der Waals surface area contributed by atoms with Gasteiger partial charge in [-0.25, -0.2) is 0 Å². The van der Waals surface area contributed by atoms with Crippen molar-refractivity contribution >= 4 is 6.29 Å². The lowest BCUT2D eigenvalue weighted by atomic mass is 9.80. The van der Waals surface area contributed by atoms with Crippen molar-refractivity contribution in [3.63, 3.8) is 0 Å². The van der Waals surface area contributed by atoms with Gasteiger partial charge in [-0.3, -0.25) is 4.79 Å². The molecule has 0 bridgehead atoms. The van der Waals surface area contributed by atoms with E-state index in [9.17, 15) is 4.79 Å². The van der Waals surface area contributed by atoms with Crippen molar-refractivity contribution in [1.82, 2.24) is 0 Å². The van der Waals surface area contributed by atoms with Crippen LogP contribution in [0.15, 0.2) is 18.2 Å². The molecule has 0 heterocycles. The van der Waals surface area contributed by atoms with Gasteiger partial charge in [0.05, 0.1) is 0 Å². The number of ether oxygens (including phenoxy) is 1. The van der Waals surface area contributed by atoms with Crippen molar-refractivity contribution in [3.8, 4) is 5.75 Å². The predicted molar refractivity (Wildman–Crippen MR) is 75.4 cm³/mol. The van der Waals surface area contributed by atoms with Gasteiger partial charge in [-0.2, -0.15) is 0 Å². The third-order valence-corrected chi connectivity index (χ3v) is 2.96. The fraction of sp³-hybridized carbons (Fsp3) is 0.562. The summed E-state index contributed by atoms with van der Waals surface area (Å²) in [5.41, 5.74) is 2.55. The van der Waals surface area contributed by atoms with Crippen LogP contribution in [-0.4, -0.2) is 12.9 Å². The molecule has 1 rings (SSSR count). The normalized spacial score (nSPS) is 12.3. The molecule has 0 fully saturated rings. The summed E-state index contributed by atoms with van der Waals surface area (Å²) in [6.45, 7) is 13.2. The van der Waals surface area contributed by atoms with Crippen LogP contribution in [0.1, 0.15) is 52.7 Å². The van der Waals surface area contributed by atoms with Crippen LogP contribution in [0.2, 0.25) is 0 Å². The molecule has 0 spiro atoms. The molecule has 18 heavy (non-hydrogen) atoms. The Morgan fingerprint density at radius 2 is 1.67 bits per heavy atom. The highest BCUT2D eigenvalue weighted by Crippen LogP contribution is 2.35. The van der Waals surface area contributed by atoms with E-state index in [-0.39, 0.29) is 17.4 Å². The first-order valence-electron chi connectivity index (χ1n) is 6.37. The number of rotatable bonds is 3. The number of benzene rings is 1. The monoisotopic (exact) mass is 248 g/mol. The minimum Gasteiger partial charge on any atom is -0.486 e. The van der Waals surface area contributed by atoms with Gasteiger partial charge in [-0.05, 0) is 28.0 Å². The molecule has 0 aliphatic heterocycles. The highest BCUT2D eigenvalue weighted by atomic mass is 16.5. The first kappa shape index (κ1) is 14.7. The van der Waals surface area contributed by atoms with Gasteiger partial charge in [-0.15, -0.1) is 0 Å². The van der Waals surface area contributed by atoms with Gasteiger partial charge in [0, 0.05) is 0 Å². The van der Waals surface area contributed by atoms with Gasteiger partial charge in [0.15, 0.2) is 6.29 Å². The maximum absolute atomic E-state index is 10.4. The second-order valence-electron chi connectivity index (χ2n) is 6.69. The third-order valence-electron chi connectivity index (χ3n) is 2.96. The minimum absolute atomic E-state index is 0.000518. The molecule has 0 saturated carbocycles. The zero-order valence-electron chi connectivity index (χ0n) is 12.3. The predicted octanol–water partition coefficient (Wildman–Crippen LogP) is 3.86. The van der Waals surface area contributed by atoms with E-state index >= 15 is 0 Å². The van der Waals surface area contributed by atoms with Crippen molar-refractivity contribution in [2.24, 2.45) is 0 Å². The third kappa shape index (κ3) is 3.59. The molecule has 0 aliphatic rings. The number of hydrogen-bond donors (Lipinski definition) is 0. The van der Waals surface area contributed by atoms with Crippen molar-refractivity contribution in [2.75, 3.05) is 6.61 Å². The molecule has 1 aromatic carbocycles. The molecule has 0 N–H and O–H groups in total. The highest BCUT2D eigenvalue weighted by molar-refractivity contribution is 5.52. The number of aldehydes is 1. The van der Waals surface area contributed by atoms with Crippen LogP contribution in [0.5, 0.6) is 5.75 Å². The summed E-state index contributed by atoms with van der Waals surface area (Å²) in [5.74, 6) is 0.808. The maximum Gasteiger partial charge on any atom is 0.157 e. The van der Waals surface area contributed by atoms with Crippen molar-refractivity contribution in [1.29, 1.82) is 0 Å². The SMILES string of the molecule is CC(C)(C)c1ccc(OCC=O)c(C(C)(C)C)c1. The molecule has 0 saturated heterocycles. The molecule has 0 aromatic heterocycles. The standard InChI is InChI=1S/C16H24O2/c1-15(2,3)12-7-8-14(18-10-9-17)13(11-12)16(4,5)6/h7-9,11H,10H2,1-6H3. The second kappa shape index (κ2) is 5.13. The Morgan fingerprint density at radius 1 is 1.06 bits per heavy atom. The van der Waals surface area contributed by atoms with Crippen molar-refractivity contribution in [2.45, 2.75) is 52.4 Å². The fourth-order valence-electron chi connectivity index (χ4n) is 1.83. The summed E-state index contributed by atoms with van der Waals surface area (Å²) < 4.78 is 5.51. The Kier molecular flexibility index (Phi) is 4.20. The number of carbonyl (C=O) groups excluding carboxylic acids is 1. The van der Waals surface area contributed by atoms with Crippen LogP contribution in [-0.2, 0) is 15.6 Å². The summed E-state index contributed by atoms with van der Waals surface area (Å²) >= 11 is 0. The Labute approximate surface area is 110 Å². The average molecular weight is 248 g/mol. The van der Waals surface area contributed by atoms with E-state index in [1.165, 1.54) is 5.56 Å². The van der Waals surface area contributed by atoms with Gasteiger partial charge >= 0.3 is 0 Å². The molecule has 2 heteroatoms. The zero-order valence-corrected chi connectivity index (χ0v) is 12.3. The van der Waals surface area contributed by atoms with Crippen LogP contribution < -0.4 is 4.74 Å². The molecule has 0 atom stereocenters. The zero-order chi connectivity index (χ0) is 14.0. The molecule has 0 radical (unpaired) electrons. The van der Waals surface area contributed by atoms with Gasteiger partial charge in [0.1, 0.15) is 12.4 Å². The van der Waals surface area contributed by atoms with Gasteiger partial charge in [0.25, 0.3) is 0 Å². The summed E-state index contributed by atoms with van der Waals surface area (Å²) in [4.78, 5) is 10.4. The first-order chi connectivity index (χ1) is 8.16. The second-order valence-corrected chi connectivity index (χ2v) is 6.69. The average Bonchev–Trinajstić information content (AvgIpc) is 2.23. The van der Waals surface area contributed by atoms with E-state index in [2.05, 4.69) is 53.7 Å². The van der Waals surface area contributed by atoms with E-state index < -0.39 is 0 Å². The van der Waals surface area contributed by atoms with Crippen LogP contribution in [0, 0.1) is 0 Å². The van der Waals surface area contributed by atoms with E-state index in [0.29, 0.717) is 0 Å². The molecule has 1 aromatic rings. The van der Waals surface area contributed by atoms with E-state index in [4.69, 9.17) is 4.74 Å². The number of hydrogen-bond acceptors (Lipinski definition) is 2. The smallest absolute Gasteiger partial charge is 0.157 e. The molecule has 0 unspecified atom stereocenters. The van der Waals surface area contributed by atoms with E-state index in [0.717, 1.165) is 17.6 Å². The molecule has 100 valence electrons.